The van der Waals surface area contributed by atoms with E-state index in [0.717, 1.165) is 12.1 Å². The number of nitriles is 1. The third-order valence-corrected chi connectivity index (χ3v) is 3.28. The molecule has 0 saturated heterocycles. The molecule has 0 amide bonds. The van der Waals surface area contributed by atoms with E-state index in [0.29, 0.717) is 5.25 Å². The number of hydrogen-bond acceptors (Lipinski definition) is 3. The van der Waals surface area contributed by atoms with Crippen LogP contribution in [-0.4, -0.2) is 12.8 Å². The third kappa shape index (κ3) is 1.38. The molecule has 1 atom stereocenters. The predicted octanol–water partition coefficient (Wildman–Crippen LogP) is 2.39. The van der Waals surface area contributed by atoms with E-state index in [1.54, 1.807) is 0 Å². The summed E-state index contributed by atoms with van der Waals surface area (Å²) in [5.74, 6) is 0. The summed E-state index contributed by atoms with van der Waals surface area (Å²) >= 11 is 1.82. The van der Waals surface area contributed by atoms with Crippen molar-refractivity contribution in [3.05, 3.63) is 29.3 Å². The minimum atomic E-state index is 0.503. The van der Waals surface area contributed by atoms with Crippen LogP contribution in [0.25, 0.3) is 0 Å². The highest BCUT2D eigenvalue weighted by molar-refractivity contribution is 7.98. The molecule has 1 N–H and O–H groups in total. The molecule has 1 aliphatic heterocycles. The molecule has 13 heavy (non-hydrogen) atoms. The van der Waals surface area contributed by atoms with Gasteiger partial charge in [-0.1, -0.05) is 0 Å². The first-order chi connectivity index (χ1) is 6.35. The molecule has 0 aliphatic carbocycles. The van der Waals surface area contributed by atoms with E-state index in [-0.39, 0.29) is 0 Å². The van der Waals surface area contributed by atoms with Gasteiger partial charge in [0, 0.05) is 17.5 Å². The van der Waals surface area contributed by atoms with Crippen molar-refractivity contribution >= 4 is 17.4 Å². The molecule has 2 rings (SSSR count). The molecule has 1 heterocycles. The number of fused-ring (bicyclic) bond motifs is 1. The van der Waals surface area contributed by atoms with Crippen molar-refractivity contribution in [2.24, 2.45) is 0 Å². The SMILES string of the molecule is CSC1CNc2ccc(C#N)cc21. The van der Waals surface area contributed by atoms with Crippen LogP contribution in [0.1, 0.15) is 16.4 Å². The molecule has 66 valence electrons. The fourth-order valence-corrected chi connectivity index (χ4v) is 2.28. The monoisotopic (exact) mass is 190 g/mol. The van der Waals surface area contributed by atoms with Gasteiger partial charge in [0.1, 0.15) is 0 Å². The highest BCUT2D eigenvalue weighted by Gasteiger charge is 2.20. The summed E-state index contributed by atoms with van der Waals surface area (Å²) in [7, 11) is 0. The number of nitrogens with zero attached hydrogens (tertiary/aromatic N) is 1. The van der Waals surface area contributed by atoms with Gasteiger partial charge in [0.2, 0.25) is 0 Å². The molecule has 0 bridgehead atoms. The smallest absolute Gasteiger partial charge is 0.0991 e. The highest BCUT2D eigenvalue weighted by Crippen LogP contribution is 2.37. The molecule has 1 aromatic carbocycles. The molecule has 0 saturated carbocycles. The van der Waals surface area contributed by atoms with Crippen molar-refractivity contribution < 1.29 is 0 Å². The van der Waals surface area contributed by atoms with E-state index in [9.17, 15) is 0 Å². The zero-order valence-electron chi connectivity index (χ0n) is 7.37. The van der Waals surface area contributed by atoms with Crippen LogP contribution in [-0.2, 0) is 0 Å². The van der Waals surface area contributed by atoms with Gasteiger partial charge < -0.3 is 5.32 Å². The van der Waals surface area contributed by atoms with Gasteiger partial charge in [0.25, 0.3) is 0 Å². The second-order valence-electron chi connectivity index (χ2n) is 3.02. The minimum Gasteiger partial charge on any atom is -0.383 e. The summed E-state index contributed by atoms with van der Waals surface area (Å²) in [6.07, 6.45) is 2.10. The van der Waals surface area contributed by atoms with E-state index in [4.69, 9.17) is 5.26 Å². The van der Waals surface area contributed by atoms with Gasteiger partial charge in [-0.2, -0.15) is 17.0 Å². The highest BCUT2D eigenvalue weighted by atomic mass is 32.2. The summed E-state index contributed by atoms with van der Waals surface area (Å²) < 4.78 is 0. The Morgan fingerprint density at radius 2 is 2.46 bits per heavy atom. The molecular weight excluding hydrogens is 180 g/mol. The lowest BCUT2D eigenvalue weighted by molar-refractivity contribution is 1.07. The average Bonchev–Trinajstić information content (AvgIpc) is 2.59. The van der Waals surface area contributed by atoms with Gasteiger partial charge in [-0.25, -0.2) is 0 Å². The average molecular weight is 190 g/mol. The lowest BCUT2D eigenvalue weighted by Crippen LogP contribution is -1.96. The van der Waals surface area contributed by atoms with Crippen molar-refractivity contribution in [1.29, 1.82) is 5.26 Å². The quantitative estimate of drug-likeness (QED) is 0.738. The molecule has 1 aromatic rings. The number of anilines is 1. The number of hydrogen-bond donors (Lipinski definition) is 1. The summed E-state index contributed by atoms with van der Waals surface area (Å²) in [6, 6.07) is 7.99. The predicted molar refractivity (Wildman–Crippen MR) is 55.9 cm³/mol. The Labute approximate surface area is 82.0 Å². The summed E-state index contributed by atoms with van der Waals surface area (Å²) in [6.45, 7) is 0.978. The second kappa shape index (κ2) is 3.31. The van der Waals surface area contributed by atoms with Crippen LogP contribution in [0.5, 0.6) is 0 Å². The first-order valence-electron chi connectivity index (χ1n) is 4.16. The van der Waals surface area contributed by atoms with Crippen molar-refractivity contribution in [2.75, 3.05) is 18.1 Å². The topological polar surface area (TPSA) is 35.8 Å². The second-order valence-corrected chi connectivity index (χ2v) is 4.06. The number of benzene rings is 1. The molecule has 0 fully saturated rings. The standard InChI is InChI=1S/C10H10N2S/c1-13-10-6-12-9-3-2-7(5-11)4-8(9)10/h2-4,10,12H,6H2,1H3. The normalized spacial score (nSPS) is 18.9. The third-order valence-electron chi connectivity index (χ3n) is 2.29. The van der Waals surface area contributed by atoms with Crippen LogP contribution in [0.2, 0.25) is 0 Å². The molecule has 1 unspecified atom stereocenters. The fraction of sp³-hybridized carbons (Fsp3) is 0.300. The van der Waals surface area contributed by atoms with Crippen molar-refractivity contribution in [2.45, 2.75) is 5.25 Å². The van der Waals surface area contributed by atoms with Crippen LogP contribution in [0.4, 0.5) is 5.69 Å². The molecular formula is C10H10N2S. The molecule has 2 nitrogen and oxygen atoms in total. The molecule has 0 aromatic heterocycles. The Morgan fingerprint density at radius 1 is 1.62 bits per heavy atom. The van der Waals surface area contributed by atoms with Crippen LogP contribution >= 0.6 is 11.8 Å². The first kappa shape index (κ1) is 8.46. The van der Waals surface area contributed by atoms with Gasteiger partial charge in [0.05, 0.1) is 11.6 Å². The lowest BCUT2D eigenvalue weighted by Gasteiger charge is -2.05. The van der Waals surface area contributed by atoms with E-state index in [1.807, 2.05) is 30.0 Å². The van der Waals surface area contributed by atoms with Crippen molar-refractivity contribution in [3.63, 3.8) is 0 Å². The zero-order chi connectivity index (χ0) is 9.26. The van der Waals surface area contributed by atoms with E-state index in [1.165, 1.54) is 11.3 Å². The fourth-order valence-electron chi connectivity index (χ4n) is 1.58. The molecule has 1 aliphatic rings. The van der Waals surface area contributed by atoms with Crippen LogP contribution < -0.4 is 5.32 Å². The van der Waals surface area contributed by atoms with Crippen LogP contribution in [0, 0.1) is 11.3 Å². The van der Waals surface area contributed by atoms with Crippen molar-refractivity contribution in [3.8, 4) is 6.07 Å². The van der Waals surface area contributed by atoms with E-state index in [2.05, 4.69) is 17.6 Å². The molecule has 3 heteroatoms. The van der Waals surface area contributed by atoms with E-state index < -0.39 is 0 Å². The van der Waals surface area contributed by atoms with Gasteiger partial charge in [0.15, 0.2) is 0 Å². The maximum Gasteiger partial charge on any atom is 0.0991 e. The van der Waals surface area contributed by atoms with Crippen LogP contribution in [0.3, 0.4) is 0 Å². The largest absolute Gasteiger partial charge is 0.383 e. The Kier molecular flexibility index (Phi) is 2.15. The Morgan fingerprint density at radius 3 is 3.15 bits per heavy atom. The van der Waals surface area contributed by atoms with Crippen LogP contribution in [0.15, 0.2) is 18.2 Å². The molecule has 0 spiro atoms. The maximum absolute atomic E-state index is 8.75. The maximum atomic E-state index is 8.75. The summed E-state index contributed by atoms with van der Waals surface area (Å²) in [5.41, 5.74) is 3.20. The van der Waals surface area contributed by atoms with Gasteiger partial charge in [-0.3, -0.25) is 0 Å². The summed E-state index contributed by atoms with van der Waals surface area (Å²) in [5, 5.41) is 12.6. The molecule has 0 radical (unpaired) electrons. The van der Waals surface area contributed by atoms with E-state index >= 15 is 0 Å². The summed E-state index contributed by atoms with van der Waals surface area (Å²) in [4.78, 5) is 0. The Balaban J connectivity index is 2.44. The lowest BCUT2D eigenvalue weighted by atomic mass is 10.1. The minimum absolute atomic E-state index is 0.503. The number of nitrogens with one attached hydrogen (secondary N) is 1. The first-order valence-corrected chi connectivity index (χ1v) is 5.44. The van der Waals surface area contributed by atoms with Crippen molar-refractivity contribution in [1.82, 2.24) is 0 Å². The van der Waals surface area contributed by atoms with Gasteiger partial charge >= 0.3 is 0 Å². The number of rotatable bonds is 1. The van der Waals surface area contributed by atoms with Gasteiger partial charge in [-0.05, 0) is 30.0 Å². The number of thioether (sulfide) groups is 1. The Hall–Kier alpha value is -1.14. The zero-order valence-corrected chi connectivity index (χ0v) is 8.19. The van der Waals surface area contributed by atoms with Gasteiger partial charge in [-0.15, -0.1) is 0 Å². The Bertz CT molecular complexity index is 368.